The second-order valence-corrected chi connectivity index (χ2v) is 5.59. The lowest BCUT2D eigenvalue weighted by atomic mass is 10.1. The Morgan fingerprint density at radius 3 is 2.81 bits per heavy atom. The van der Waals surface area contributed by atoms with Crippen molar-refractivity contribution >= 4 is 35.6 Å². The molecule has 0 spiro atoms. The molecule has 26 heavy (non-hydrogen) atoms. The van der Waals surface area contributed by atoms with Gasteiger partial charge in [0, 0.05) is 13.6 Å². The Bertz CT molecular complexity index is 780. The van der Waals surface area contributed by atoms with Gasteiger partial charge in [-0.3, -0.25) is 19.8 Å². The SMILES string of the molecule is CN=C(NCCn1cc([N+](=O)[O-])cn1)NC(C)c1ccc(C)c(F)c1.I. The van der Waals surface area contributed by atoms with E-state index < -0.39 is 4.92 Å². The van der Waals surface area contributed by atoms with E-state index in [1.165, 1.54) is 23.1 Å². The van der Waals surface area contributed by atoms with Crippen LogP contribution in [0.5, 0.6) is 0 Å². The zero-order valence-corrected chi connectivity index (χ0v) is 17.1. The predicted molar refractivity (Wildman–Crippen MR) is 108 cm³/mol. The van der Waals surface area contributed by atoms with Gasteiger partial charge in [-0.25, -0.2) is 4.39 Å². The average molecular weight is 476 g/mol. The normalized spacial score (nSPS) is 12.2. The monoisotopic (exact) mass is 476 g/mol. The van der Waals surface area contributed by atoms with Crippen molar-refractivity contribution < 1.29 is 9.31 Å². The number of nitrogens with one attached hydrogen (secondary N) is 2. The van der Waals surface area contributed by atoms with Gasteiger partial charge >= 0.3 is 5.69 Å². The molecule has 0 aliphatic heterocycles. The van der Waals surface area contributed by atoms with E-state index in [9.17, 15) is 14.5 Å². The number of aromatic nitrogens is 2. The summed E-state index contributed by atoms with van der Waals surface area (Å²) >= 11 is 0. The van der Waals surface area contributed by atoms with Crippen molar-refractivity contribution in [1.82, 2.24) is 20.4 Å². The van der Waals surface area contributed by atoms with Gasteiger partial charge in [-0.15, -0.1) is 24.0 Å². The standard InChI is InChI=1S/C16H21FN6O2.HI/c1-11-4-5-13(8-15(11)17)12(2)21-16(18-3)19-6-7-22-10-14(9-20-22)23(24)25;/h4-5,8-10,12H,6-7H2,1-3H3,(H2,18,19,21);1H. The zero-order valence-electron chi connectivity index (χ0n) is 14.8. The second kappa shape index (κ2) is 10.0. The highest BCUT2D eigenvalue weighted by Crippen LogP contribution is 2.16. The number of halogens is 2. The molecule has 0 saturated carbocycles. The molecule has 142 valence electrons. The third kappa shape index (κ3) is 5.93. The van der Waals surface area contributed by atoms with Crippen molar-refractivity contribution in [3.63, 3.8) is 0 Å². The highest BCUT2D eigenvalue weighted by molar-refractivity contribution is 14.0. The molecular formula is C16H22FIN6O2. The maximum atomic E-state index is 13.7. The summed E-state index contributed by atoms with van der Waals surface area (Å²) in [7, 11) is 1.64. The number of aryl methyl sites for hydroxylation is 1. The Morgan fingerprint density at radius 2 is 2.23 bits per heavy atom. The Kier molecular flexibility index (Phi) is 8.42. The molecule has 2 aromatic rings. The molecule has 0 radical (unpaired) electrons. The summed E-state index contributed by atoms with van der Waals surface area (Å²) in [5.74, 6) is 0.310. The Labute approximate surface area is 168 Å². The summed E-state index contributed by atoms with van der Waals surface area (Å²) in [6, 6.07) is 4.98. The molecule has 8 nitrogen and oxygen atoms in total. The third-order valence-corrected chi connectivity index (χ3v) is 3.74. The van der Waals surface area contributed by atoms with Gasteiger partial charge in [-0.1, -0.05) is 12.1 Å². The number of hydrogen-bond acceptors (Lipinski definition) is 4. The summed E-state index contributed by atoms with van der Waals surface area (Å²) in [5, 5.41) is 20.8. The lowest BCUT2D eigenvalue weighted by molar-refractivity contribution is -0.385. The maximum Gasteiger partial charge on any atom is 0.306 e. The number of nitro groups is 1. The highest BCUT2D eigenvalue weighted by Gasteiger charge is 2.11. The number of aliphatic imine (C=N–C) groups is 1. The van der Waals surface area contributed by atoms with Gasteiger partial charge in [-0.2, -0.15) is 5.10 Å². The minimum atomic E-state index is -0.486. The molecule has 0 fully saturated rings. The van der Waals surface area contributed by atoms with E-state index in [2.05, 4.69) is 20.7 Å². The highest BCUT2D eigenvalue weighted by atomic mass is 127. The molecule has 1 heterocycles. The molecule has 1 aromatic carbocycles. The molecule has 0 amide bonds. The molecule has 2 N–H and O–H groups in total. The van der Waals surface area contributed by atoms with Crippen LogP contribution in [0, 0.1) is 22.9 Å². The molecule has 0 saturated heterocycles. The van der Waals surface area contributed by atoms with Crippen LogP contribution in [0.3, 0.4) is 0 Å². The maximum absolute atomic E-state index is 13.7. The summed E-state index contributed by atoms with van der Waals surface area (Å²) in [5.41, 5.74) is 1.37. The predicted octanol–water partition coefficient (Wildman–Crippen LogP) is 2.78. The molecule has 1 aromatic heterocycles. The van der Waals surface area contributed by atoms with Crippen LogP contribution in [0.15, 0.2) is 35.6 Å². The Morgan fingerprint density at radius 1 is 1.50 bits per heavy atom. The van der Waals surface area contributed by atoms with Gasteiger partial charge < -0.3 is 10.6 Å². The molecule has 1 atom stereocenters. The average Bonchev–Trinajstić information content (AvgIpc) is 3.05. The zero-order chi connectivity index (χ0) is 18.4. The topological polar surface area (TPSA) is 97.4 Å². The van der Waals surface area contributed by atoms with Crippen molar-refractivity contribution in [2.45, 2.75) is 26.4 Å². The fourth-order valence-corrected chi connectivity index (χ4v) is 2.22. The lowest BCUT2D eigenvalue weighted by Crippen LogP contribution is -2.40. The molecule has 0 aliphatic carbocycles. The van der Waals surface area contributed by atoms with Crippen LogP contribution in [0.25, 0.3) is 0 Å². The van der Waals surface area contributed by atoms with Crippen molar-refractivity contribution in [2.24, 2.45) is 4.99 Å². The van der Waals surface area contributed by atoms with Crippen molar-refractivity contribution in [2.75, 3.05) is 13.6 Å². The first-order chi connectivity index (χ1) is 11.9. The van der Waals surface area contributed by atoms with E-state index in [4.69, 9.17) is 0 Å². The first kappa shape index (κ1) is 21.8. The first-order valence-electron chi connectivity index (χ1n) is 7.80. The number of rotatable bonds is 6. The van der Waals surface area contributed by atoms with Crippen LogP contribution in [-0.2, 0) is 6.54 Å². The van der Waals surface area contributed by atoms with E-state index in [1.54, 1.807) is 20.0 Å². The van der Waals surface area contributed by atoms with Crippen LogP contribution < -0.4 is 10.6 Å². The van der Waals surface area contributed by atoms with Crippen LogP contribution in [-0.4, -0.2) is 34.3 Å². The second-order valence-electron chi connectivity index (χ2n) is 5.59. The van der Waals surface area contributed by atoms with E-state index in [1.807, 2.05) is 13.0 Å². The van der Waals surface area contributed by atoms with Gasteiger partial charge in [0.1, 0.15) is 18.2 Å². The molecule has 10 heteroatoms. The van der Waals surface area contributed by atoms with Crippen molar-refractivity contribution in [1.29, 1.82) is 0 Å². The fourth-order valence-electron chi connectivity index (χ4n) is 2.22. The quantitative estimate of drug-likeness (QED) is 0.220. The number of hydrogen-bond donors (Lipinski definition) is 2. The minimum Gasteiger partial charge on any atom is -0.355 e. The number of nitrogens with zero attached hydrogens (tertiary/aromatic N) is 4. The Balaban J connectivity index is 0.00000338. The fraction of sp³-hybridized carbons (Fsp3) is 0.375. The third-order valence-electron chi connectivity index (χ3n) is 3.74. The summed E-state index contributed by atoms with van der Waals surface area (Å²) < 4.78 is 15.2. The minimum absolute atomic E-state index is 0. The lowest BCUT2D eigenvalue weighted by Gasteiger charge is -2.18. The Hall–Kier alpha value is -2.24. The molecule has 0 bridgehead atoms. The summed E-state index contributed by atoms with van der Waals surface area (Å²) in [4.78, 5) is 14.3. The molecular weight excluding hydrogens is 454 g/mol. The summed E-state index contributed by atoms with van der Waals surface area (Å²) in [6.07, 6.45) is 2.58. The smallest absolute Gasteiger partial charge is 0.306 e. The van der Waals surface area contributed by atoms with E-state index in [-0.39, 0.29) is 41.5 Å². The van der Waals surface area contributed by atoms with Crippen LogP contribution in [0.4, 0.5) is 10.1 Å². The molecule has 2 rings (SSSR count). The van der Waals surface area contributed by atoms with Gasteiger partial charge in [0.25, 0.3) is 0 Å². The first-order valence-corrected chi connectivity index (χ1v) is 7.80. The van der Waals surface area contributed by atoms with Crippen molar-refractivity contribution in [3.8, 4) is 0 Å². The van der Waals surface area contributed by atoms with Gasteiger partial charge in [-0.05, 0) is 31.0 Å². The van der Waals surface area contributed by atoms with E-state index in [0.29, 0.717) is 24.6 Å². The van der Waals surface area contributed by atoms with E-state index in [0.717, 1.165) is 5.56 Å². The van der Waals surface area contributed by atoms with Gasteiger partial charge in [0.15, 0.2) is 5.96 Å². The van der Waals surface area contributed by atoms with E-state index >= 15 is 0 Å². The van der Waals surface area contributed by atoms with Crippen LogP contribution in [0.2, 0.25) is 0 Å². The largest absolute Gasteiger partial charge is 0.355 e. The summed E-state index contributed by atoms with van der Waals surface area (Å²) in [6.45, 7) is 4.56. The van der Waals surface area contributed by atoms with Gasteiger partial charge in [0.2, 0.25) is 0 Å². The molecule has 0 aliphatic rings. The molecule has 1 unspecified atom stereocenters. The van der Waals surface area contributed by atoms with Gasteiger partial charge in [0.05, 0.1) is 17.5 Å². The van der Waals surface area contributed by atoms with Crippen molar-refractivity contribution in [3.05, 3.63) is 57.7 Å². The number of guanidine groups is 1. The van der Waals surface area contributed by atoms with Crippen LogP contribution >= 0.6 is 24.0 Å². The van der Waals surface area contributed by atoms with Crippen LogP contribution in [0.1, 0.15) is 24.1 Å². The number of benzene rings is 1.